The molecule has 0 aromatic heterocycles. The molecule has 2 rings (SSSR count). The van der Waals surface area contributed by atoms with Gasteiger partial charge in [0, 0.05) is 11.1 Å². The molecule has 1 fully saturated rings. The van der Waals surface area contributed by atoms with Crippen LogP contribution in [0.5, 0.6) is 5.75 Å². The number of hydrogen-bond acceptors (Lipinski definition) is 3. The number of halogens is 1. The number of likely N-dealkylation sites (N-methyl/N-ethyl adjacent to an activating group) is 1. The van der Waals surface area contributed by atoms with Crippen LogP contribution in [0.3, 0.4) is 0 Å². The molecule has 1 saturated heterocycles. The average molecular weight is 283 g/mol. The van der Waals surface area contributed by atoms with Gasteiger partial charge in [0.15, 0.2) is 0 Å². The Balaban J connectivity index is 2.18. The third-order valence-electron chi connectivity index (χ3n) is 3.56. The van der Waals surface area contributed by atoms with Crippen LogP contribution in [0.25, 0.3) is 0 Å². The predicted octanol–water partition coefficient (Wildman–Crippen LogP) is 2.69. The van der Waals surface area contributed by atoms with E-state index in [2.05, 4.69) is 10.2 Å². The third kappa shape index (κ3) is 3.01. The van der Waals surface area contributed by atoms with Crippen molar-refractivity contribution in [3.8, 4) is 5.75 Å². The van der Waals surface area contributed by atoms with Crippen LogP contribution in [0.4, 0.5) is 5.69 Å². The first-order valence-corrected chi connectivity index (χ1v) is 6.76. The number of methoxy groups -OCH3 is 1. The van der Waals surface area contributed by atoms with Crippen molar-refractivity contribution in [3.63, 3.8) is 0 Å². The Hall–Kier alpha value is -1.26. The Morgan fingerprint density at radius 2 is 2.26 bits per heavy atom. The van der Waals surface area contributed by atoms with E-state index >= 15 is 0 Å². The second kappa shape index (κ2) is 5.80. The number of amides is 1. The summed E-state index contributed by atoms with van der Waals surface area (Å²) >= 11 is 6.05. The standard InChI is InChI=1S/C14H19ClN2O2/c1-9-7-11(13(19-3)8-10(9)15)16-14(18)12-5-4-6-17(12)2/h7-8,12H,4-6H2,1-3H3,(H,16,18). The Kier molecular flexibility index (Phi) is 4.32. The minimum atomic E-state index is -0.0549. The highest BCUT2D eigenvalue weighted by Crippen LogP contribution is 2.31. The van der Waals surface area contributed by atoms with E-state index in [0.29, 0.717) is 16.5 Å². The van der Waals surface area contributed by atoms with Crippen molar-refractivity contribution >= 4 is 23.2 Å². The molecule has 4 nitrogen and oxygen atoms in total. The van der Waals surface area contributed by atoms with Gasteiger partial charge in [-0.25, -0.2) is 0 Å². The largest absolute Gasteiger partial charge is 0.495 e. The van der Waals surface area contributed by atoms with Crippen molar-refractivity contribution in [2.24, 2.45) is 0 Å². The molecule has 1 N–H and O–H groups in total. The maximum atomic E-state index is 12.2. The van der Waals surface area contributed by atoms with Crippen LogP contribution < -0.4 is 10.1 Å². The summed E-state index contributed by atoms with van der Waals surface area (Å²) in [6.45, 7) is 2.87. The SMILES string of the molecule is COc1cc(Cl)c(C)cc1NC(=O)C1CCCN1C. The topological polar surface area (TPSA) is 41.6 Å². The number of nitrogens with zero attached hydrogens (tertiary/aromatic N) is 1. The molecule has 1 heterocycles. The number of rotatable bonds is 3. The maximum Gasteiger partial charge on any atom is 0.241 e. The fourth-order valence-corrected chi connectivity index (χ4v) is 2.54. The Morgan fingerprint density at radius 3 is 2.84 bits per heavy atom. The summed E-state index contributed by atoms with van der Waals surface area (Å²) in [5.41, 5.74) is 1.59. The Morgan fingerprint density at radius 1 is 1.53 bits per heavy atom. The van der Waals surface area contributed by atoms with Crippen molar-refractivity contribution in [1.29, 1.82) is 0 Å². The van der Waals surface area contributed by atoms with Gasteiger partial charge in [-0.2, -0.15) is 0 Å². The van der Waals surface area contributed by atoms with Gasteiger partial charge in [0.1, 0.15) is 5.75 Å². The number of aryl methyl sites for hydroxylation is 1. The molecule has 0 saturated carbocycles. The van der Waals surface area contributed by atoms with Gasteiger partial charge >= 0.3 is 0 Å². The highest BCUT2D eigenvalue weighted by Gasteiger charge is 2.28. The van der Waals surface area contributed by atoms with Gasteiger partial charge in [0.2, 0.25) is 5.91 Å². The molecule has 1 atom stereocenters. The second-order valence-corrected chi connectivity index (χ2v) is 5.34. The summed E-state index contributed by atoms with van der Waals surface area (Å²) in [5, 5.41) is 3.57. The first kappa shape index (κ1) is 14.2. The molecular weight excluding hydrogens is 264 g/mol. The van der Waals surface area contributed by atoms with Gasteiger partial charge in [0.05, 0.1) is 18.8 Å². The molecule has 5 heteroatoms. The van der Waals surface area contributed by atoms with Crippen molar-refractivity contribution in [3.05, 3.63) is 22.7 Å². The molecule has 0 spiro atoms. The minimum Gasteiger partial charge on any atom is -0.495 e. The molecule has 1 aromatic rings. The number of likely N-dealkylation sites (tertiary alicyclic amines) is 1. The van der Waals surface area contributed by atoms with E-state index < -0.39 is 0 Å². The zero-order valence-corrected chi connectivity index (χ0v) is 12.3. The van der Waals surface area contributed by atoms with E-state index in [0.717, 1.165) is 24.9 Å². The molecule has 0 radical (unpaired) electrons. The fraction of sp³-hybridized carbons (Fsp3) is 0.500. The van der Waals surface area contributed by atoms with Gasteiger partial charge in [-0.1, -0.05) is 11.6 Å². The average Bonchev–Trinajstić information content (AvgIpc) is 2.79. The van der Waals surface area contributed by atoms with E-state index in [-0.39, 0.29) is 11.9 Å². The van der Waals surface area contributed by atoms with E-state index in [1.54, 1.807) is 13.2 Å². The lowest BCUT2D eigenvalue weighted by molar-refractivity contribution is -0.119. The van der Waals surface area contributed by atoms with Crippen molar-refractivity contribution in [1.82, 2.24) is 4.90 Å². The highest BCUT2D eigenvalue weighted by molar-refractivity contribution is 6.31. The first-order valence-electron chi connectivity index (χ1n) is 6.38. The monoisotopic (exact) mass is 282 g/mol. The molecule has 0 bridgehead atoms. The fourth-order valence-electron chi connectivity index (χ4n) is 2.39. The van der Waals surface area contributed by atoms with Crippen LogP contribution >= 0.6 is 11.6 Å². The van der Waals surface area contributed by atoms with Crippen molar-refractivity contribution < 1.29 is 9.53 Å². The summed E-state index contributed by atoms with van der Waals surface area (Å²) in [5.74, 6) is 0.602. The van der Waals surface area contributed by atoms with E-state index in [9.17, 15) is 4.79 Å². The van der Waals surface area contributed by atoms with Crippen molar-refractivity contribution in [2.45, 2.75) is 25.8 Å². The molecular formula is C14H19ClN2O2. The zero-order chi connectivity index (χ0) is 14.0. The zero-order valence-electron chi connectivity index (χ0n) is 11.5. The lowest BCUT2D eigenvalue weighted by Crippen LogP contribution is -2.37. The lowest BCUT2D eigenvalue weighted by Gasteiger charge is -2.20. The van der Waals surface area contributed by atoms with Crippen LogP contribution in [0.1, 0.15) is 18.4 Å². The summed E-state index contributed by atoms with van der Waals surface area (Å²) in [6.07, 6.45) is 1.96. The predicted molar refractivity (Wildman–Crippen MR) is 77.0 cm³/mol. The van der Waals surface area contributed by atoms with Gasteiger partial charge in [0.25, 0.3) is 0 Å². The summed E-state index contributed by atoms with van der Waals surface area (Å²) < 4.78 is 5.26. The number of carbonyl (C=O) groups excluding carboxylic acids is 1. The molecule has 1 aliphatic rings. The number of ether oxygens (including phenoxy) is 1. The Labute approximate surface area is 118 Å². The molecule has 1 aromatic carbocycles. The Bertz CT molecular complexity index is 491. The summed E-state index contributed by atoms with van der Waals surface area (Å²) in [7, 11) is 3.54. The van der Waals surface area contributed by atoms with Crippen LogP contribution in [0.15, 0.2) is 12.1 Å². The molecule has 0 aliphatic carbocycles. The normalized spacial score (nSPS) is 19.5. The van der Waals surface area contributed by atoms with Crippen LogP contribution in [-0.2, 0) is 4.79 Å². The van der Waals surface area contributed by atoms with Gasteiger partial charge in [-0.15, -0.1) is 0 Å². The second-order valence-electron chi connectivity index (χ2n) is 4.93. The summed E-state index contributed by atoms with van der Waals surface area (Å²) in [4.78, 5) is 14.3. The van der Waals surface area contributed by atoms with E-state index in [4.69, 9.17) is 16.3 Å². The molecule has 1 amide bonds. The maximum absolute atomic E-state index is 12.2. The van der Waals surface area contributed by atoms with Crippen molar-refractivity contribution in [2.75, 3.05) is 26.0 Å². The quantitative estimate of drug-likeness (QED) is 0.927. The molecule has 19 heavy (non-hydrogen) atoms. The smallest absolute Gasteiger partial charge is 0.241 e. The molecule has 1 aliphatic heterocycles. The first-order chi connectivity index (χ1) is 9.02. The van der Waals surface area contributed by atoms with Crippen LogP contribution in [0.2, 0.25) is 5.02 Å². The minimum absolute atomic E-state index is 0.0139. The van der Waals surface area contributed by atoms with Crippen LogP contribution in [-0.4, -0.2) is 37.6 Å². The van der Waals surface area contributed by atoms with E-state index in [1.165, 1.54) is 0 Å². The number of nitrogens with one attached hydrogen (secondary N) is 1. The van der Waals surface area contributed by atoms with Crippen LogP contribution in [0, 0.1) is 6.92 Å². The van der Waals surface area contributed by atoms with E-state index in [1.807, 2.05) is 20.0 Å². The molecule has 1 unspecified atom stereocenters. The number of benzene rings is 1. The highest BCUT2D eigenvalue weighted by atomic mass is 35.5. The van der Waals surface area contributed by atoms with Gasteiger partial charge in [-0.3, -0.25) is 9.69 Å². The third-order valence-corrected chi connectivity index (χ3v) is 3.97. The number of hydrogen-bond donors (Lipinski definition) is 1. The van der Waals surface area contributed by atoms with Gasteiger partial charge < -0.3 is 10.1 Å². The molecule has 104 valence electrons. The lowest BCUT2D eigenvalue weighted by atomic mass is 10.1. The van der Waals surface area contributed by atoms with Gasteiger partial charge in [-0.05, 0) is 45.0 Å². The number of carbonyl (C=O) groups is 1. The summed E-state index contributed by atoms with van der Waals surface area (Å²) in [6, 6.07) is 3.51. The number of anilines is 1.